The zero-order chi connectivity index (χ0) is 19.5. The van der Waals surface area contributed by atoms with E-state index >= 15 is 0 Å². The highest BCUT2D eigenvalue weighted by Crippen LogP contribution is 2.29. The van der Waals surface area contributed by atoms with Crippen LogP contribution in [0.1, 0.15) is 15.9 Å². The fourth-order valence-corrected chi connectivity index (χ4v) is 3.08. The third kappa shape index (κ3) is 4.87. The van der Waals surface area contributed by atoms with Gasteiger partial charge in [0.2, 0.25) is 0 Å². The number of alkyl halides is 3. The number of likely N-dealkylation sites (tertiary alicyclic amines) is 1. The van der Waals surface area contributed by atoms with Crippen molar-refractivity contribution in [1.82, 2.24) is 20.4 Å². The lowest BCUT2D eigenvalue weighted by Gasteiger charge is -2.22. The van der Waals surface area contributed by atoms with Crippen LogP contribution in [0.5, 0.6) is 0 Å². The summed E-state index contributed by atoms with van der Waals surface area (Å²) in [6.45, 7) is 1.52. The van der Waals surface area contributed by atoms with Crippen LogP contribution in [-0.4, -0.2) is 68.6 Å². The first-order valence-corrected chi connectivity index (χ1v) is 8.21. The van der Waals surface area contributed by atoms with Crippen molar-refractivity contribution in [2.24, 2.45) is 5.92 Å². The maximum absolute atomic E-state index is 12.6. The largest absolute Gasteiger partial charge is 0.416 e. The lowest BCUT2D eigenvalue weighted by Crippen LogP contribution is -2.44. The molecule has 2 N–H and O–H groups in total. The molecule has 9 heteroatoms. The van der Waals surface area contributed by atoms with Crippen LogP contribution in [0.25, 0.3) is 0 Å². The quantitative estimate of drug-likeness (QED) is 0.845. The van der Waals surface area contributed by atoms with E-state index in [-0.39, 0.29) is 23.6 Å². The number of hydrogen-bond donors (Lipinski definition) is 2. The highest BCUT2D eigenvalue weighted by Gasteiger charge is 2.36. The zero-order valence-electron chi connectivity index (χ0n) is 14.9. The first kappa shape index (κ1) is 20.0. The maximum Gasteiger partial charge on any atom is 0.416 e. The van der Waals surface area contributed by atoms with Gasteiger partial charge >= 0.3 is 12.2 Å². The van der Waals surface area contributed by atoms with E-state index in [1.54, 1.807) is 4.90 Å². The lowest BCUT2D eigenvalue weighted by molar-refractivity contribution is -0.137. The molecule has 0 aliphatic carbocycles. The molecule has 1 saturated heterocycles. The molecule has 6 nitrogen and oxygen atoms in total. The average Bonchev–Trinajstić information content (AvgIpc) is 2.95. The standard InChI is InChI=1S/C17H23F3N4O2/c1-21-16(26)24-9-12(8-23(2)3)14(10-24)22-15(25)11-4-6-13(7-5-11)17(18,19)20/h4-7,12,14H,8-10H2,1-3H3,(H,21,26)(H,22,25)/t12-,14-/m1/s1. The third-order valence-corrected chi connectivity index (χ3v) is 4.33. The summed E-state index contributed by atoms with van der Waals surface area (Å²) in [4.78, 5) is 27.9. The van der Waals surface area contributed by atoms with Crippen LogP contribution >= 0.6 is 0 Å². The Hall–Kier alpha value is -2.29. The van der Waals surface area contributed by atoms with Gasteiger partial charge in [-0.3, -0.25) is 4.79 Å². The lowest BCUT2D eigenvalue weighted by atomic mass is 10.0. The predicted molar refractivity (Wildman–Crippen MR) is 90.8 cm³/mol. The van der Waals surface area contributed by atoms with E-state index in [2.05, 4.69) is 10.6 Å². The van der Waals surface area contributed by atoms with Gasteiger partial charge in [0.05, 0.1) is 11.6 Å². The van der Waals surface area contributed by atoms with E-state index in [9.17, 15) is 22.8 Å². The smallest absolute Gasteiger partial charge is 0.347 e. The van der Waals surface area contributed by atoms with Crippen LogP contribution in [0.3, 0.4) is 0 Å². The zero-order valence-corrected chi connectivity index (χ0v) is 14.9. The summed E-state index contributed by atoms with van der Waals surface area (Å²) in [5.41, 5.74) is -0.647. The number of benzene rings is 1. The number of amides is 3. The van der Waals surface area contributed by atoms with E-state index in [0.717, 1.165) is 24.3 Å². The molecule has 1 aliphatic heterocycles. The number of urea groups is 1. The van der Waals surface area contributed by atoms with Gasteiger partial charge in [0, 0.05) is 38.2 Å². The highest BCUT2D eigenvalue weighted by atomic mass is 19.4. The molecule has 26 heavy (non-hydrogen) atoms. The molecule has 0 saturated carbocycles. The molecule has 0 bridgehead atoms. The first-order valence-electron chi connectivity index (χ1n) is 8.21. The number of nitrogens with one attached hydrogen (secondary N) is 2. The van der Waals surface area contributed by atoms with Gasteiger partial charge in [0.15, 0.2) is 0 Å². The molecular weight excluding hydrogens is 349 g/mol. The predicted octanol–water partition coefficient (Wildman–Crippen LogP) is 1.64. The third-order valence-electron chi connectivity index (χ3n) is 4.33. The van der Waals surface area contributed by atoms with Gasteiger partial charge in [-0.05, 0) is 38.4 Å². The molecule has 3 amide bonds. The van der Waals surface area contributed by atoms with Crippen molar-refractivity contribution in [3.05, 3.63) is 35.4 Å². The molecule has 1 aromatic rings. The highest BCUT2D eigenvalue weighted by molar-refractivity contribution is 5.94. The molecule has 0 radical (unpaired) electrons. The van der Waals surface area contributed by atoms with Crippen LogP contribution < -0.4 is 10.6 Å². The summed E-state index contributed by atoms with van der Waals surface area (Å²) in [6, 6.07) is 3.59. The van der Waals surface area contributed by atoms with Crippen LogP contribution in [-0.2, 0) is 6.18 Å². The molecule has 0 aromatic heterocycles. The minimum absolute atomic E-state index is 0.0284. The van der Waals surface area contributed by atoms with E-state index in [4.69, 9.17) is 0 Å². The maximum atomic E-state index is 12.6. The van der Waals surface area contributed by atoms with Gasteiger partial charge < -0.3 is 20.4 Å². The van der Waals surface area contributed by atoms with Gasteiger partial charge in [0.25, 0.3) is 5.91 Å². The summed E-state index contributed by atoms with van der Waals surface area (Å²) in [5.74, 6) is -0.424. The van der Waals surface area contributed by atoms with Crippen LogP contribution in [0.2, 0.25) is 0 Å². The van der Waals surface area contributed by atoms with Crippen molar-refractivity contribution >= 4 is 11.9 Å². The van der Waals surface area contributed by atoms with E-state index in [1.165, 1.54) is 7.05 Å². The SMILES string of the molecule is CNC(=O)N1C[C@@H](CN(C)C)[C@H](NC(=O)c2ccc(C(F)(F)F)cc2)C1. The number of carbonyl (C=O) groups is 2. The summed E-state index contributed by atoms with van der Waals surface area (Å²) in [6.07, 6.45) is -4.44. The van der Waals surface area contributed by atoms with E-state index in [0.29, 0.717) is 19.6 Å². The fourth-order valence-electron chi connectivity index (χ4n) is 3.08. The topological polar surface area (TPSA) is 64.7 Å². The number of carbonyl (C=O) groups excluding carboxylic acids is 2. The second-order valence-electron chi connectivity index (χ2n) is 6.64. The number of nitrogens with zero attached hydrogens (tertiary/aromatic N) is 2. The summed E-state index contributed by atoms with van der Waals surface area (Å²) in [7, 11) is 5.34. The molecule has 2 rings (SSSR count). The summed E-state index contributed by atoms with van der Waals surface area (Å²) in [5, 5.41) is 5.41. The van der Waals surface area contributed by atoms with Crippen molar-refractivity contribution in [3.63, 3.8) is 0 Å². The van der Waals surface area contributed by atoms with E-state index < -0.39 is 17.6 Å². The van der Waals surface area contributed by atoms with Gasteiger partial charge in [-0.2, -0.15) is 13.2 Å². The molecule has 0 spiro atoms. The Bertz CT molecular complexity index is 646. The molecule has 1 aromatic carbocycles. The second kappa shape index (κ2) is 7.94. The number of hydrogen-bond acceptors (Lipinski definition) is 3. The fraction of sp³-hybridized carbons (Fsp3) is 0.529. The molecule has 0 unspecified atom stereocenters. The Morgan fingerprint density at radius 3 is 2.31 bits per heavy atom. The first-order chi connectivity index (χ1) is 12.1. The summed E-state index contributed by atoms with van der Waals surface area (Å²) >= 11 is 0. The normalized spacial score (nSPS) is 20.3. The number of rotatable bonds is 4. The van der Waals surface area contributed by atoms with Crippen LogP contribution in [0.15, 0.2) is 24.3 Å². The van der Waals surface area contributed by atoms with Crippen molar-refractivity contribution in [1.29, 1.82) is 0 Å². The monoisotopic (exact) mass is 372 g/mol. The van der Waals surface area contributed by atoms with E-state index in [1.807, 2.05) is 19.0 Å². The molecule has 1 aliphatic rings. The van der Waals surface area contributed by atoms with Gasteiger partial charge in [-0.15, -0.1) is 0 Å². The molecule has 1 heterocycles. The molecule has 1 fully saturated rings. The Morgan fingerprint density at radius 2 is 1.81 bits per heavy atom. The minimum atomic E-state index is -4.44. The van der Waals surface area contributed by atoms with Crippen molar-refractivity contribution < 1.29 is 22.8 Å². The average molecular weight is 372 g/mol. The van der Waals surface area contributed by atoms with Crippen LogP contribution in [0, 0.1) is 5.92 Å². The Morgan fingerprint density at radius 1 is 1.19 bits per heavy atom. The minimum Gasteiger partial charge on any atom is -0.347 e. The van der Waals surface area contributed by atoms with Crippen molar-refractivity contribution in [2.75, 3.05) is 40.8 Å². The molecule has 144 valence electrons. The number of halogens is 3. The second-order valence-corrected chi connectivity index (χ2v) is 6.64. The Balaban J connectivity index is 2.08. The van der Waals surface area contributed by atoms with Gasteiger partial charge in [-0.1, -0.05) is 0 Å². The molecule has 2 atom stereocenters. The van der Waals surface area contributed by atoms with Crippen molar-refractivity contribution in [3.8, 4) is 0 Å². The van der Waals surface area contributed by atoms with Crippen LogP contribution in [0.4, 0.5) is 18.0 Å². The summed E-state index contributed by atoms with van der Waals surface area (Å²) < 4.78 is 37.9. The van der Waals surface area contributed by atoms with Crippen molar-refractivity contribution in [2.45, 2.75) is 12.2 Å². The Kier molecular flexibility index (Phi) is 6.12. The van der Waals surface area contributed by atoms with Gasteiger partial charge in [0.1, 0.15) is 0 Å². The molecular formula is C17H23F3N4O2. The Labute approximate surface area is 150 Å². The van der Waals surface area contributed by atoms with Gasteiger partial charge in [-0.25, -0.2) is 4.79 Å².